The molecule has 10 heteroatoms. The molecule has 0 radical (unpaired) electrons. The van der Waals surface area contributed by atoms with Crippen LogP contribution in [0.25, 0.3) is 0 Å². The summed E-state index contributed by atoms with van der Waals surface area (Å²) in [7, 11) is 0. The molecule has 128 valence electrons. The molecule has 0 bridgehead atoms. The van der Waals surface area contributed by atoms with Crippen LogP contribution in [0, 0.1) is 10.1 Å². The van der Waals surface area contributed by atoms with Crippen molar-refractivity contribution in [2.75, 3.05) is 18.4 Å². The van der Waals surface area contributed by atoms with E-state index in [1.807, 2.05) is 6.20 Å². The molecule has 1 aliphatic heterocycles. The lowest BCUT2D eigenvalue weighted by molar-refractivity contribution is -0.385. The molecule has 24 heavy (non-hydrogen) atoms. The Hall–Kier alpha value is -2.33. The van der Waals surface area contributed by atoms with Crippen molar-refractivity contribution in [1.82, 2.24) is 20.1 Å². The van der Waals surface area contributed by atoms with Crippen LogP contribution in [0.1, 0.15) is 30.1 Å². The first-order valence-corrected chi connectivity index (χ1v) is 8.56. The van der Waals surface area contributed by atoms with E-state index >= 15 is 0 Å². The van der Waals surface area contributed by atoms with Crippen molar-refractivity contribution in [3.05, 3.63) is 33.6 Å². The van der Waals surface area contributed by atoms with Crippen LogP contribution in [0.5, 0.6) is 0 Å². The van der Waals surface area contributed by atoms with E-state index < -0.39 is 4.92 Å². The van der Waals surface area contributed by atoms with Crippen LogP contribution < -0.4 is 10.6 Å². The monoisotopic (exact) mass is 350 g/mol. The summed E-state index contributed by atoms with van der Waals surface area (Å²) in [5, 5.41) is 21.2. The number of amides is 1. The van der Waals surface area contributed by atoms with Gasteiger partial charge in [0.15, 0.2) is 5.13 Å². The summed E-state index contributed by atoms with van der Waals surface area (Å²) >= 11 is 1.51. The van der Waals surface area contributed by atoms with Crippen LogP contribution >= 0.6 is 11.3 Å². The first-order valence-electron chi connectivity index (χ1n) is 7.75. The van der Waals surface area contributed by atoms with Gasteiger partial charge in [-0.3, -0.25) is 19.6 Å². The van der Waals surface area contributed by atoms with Gasteiger partial charge in [0, 0.05) is 24.0 Å². The fourth-order valence-electron chi connectivity index (χ4n) is 2.61. The number of aromatic nitrogens is 3. The summed E-state index contributed by atoms with van der Waals surface area (Å²) in [6.45, 7) is 2.31. The average molecular weight is 350 g/mol. The van der Waals surface area contributed by atoms with Gasteiger partial charge in [0.05, 0.1) is 4.92 Å². The predicted molar refractivity (Wildman–Crippen MR) is 89.1 cm³/mol. The molecule has 0 saturated carbocycles. The number of nitro groups is 1. The van der Waals surface area contributed by atoms with Crippen molar-refractivity contribution in [3.8, 4) is 0 Å². The molecule has 0 aromatic carbocycles. The standard InChI is InChI=1S/C14H18N6O3S/c21-13(3-6-19-9-11(7-17-19)20(22)23)18-14-16-8-12(24-14)10-1-4-15-5-2-10/h7-10,15H,1-6H2,(H,16,18,21). The minimum Gasteiger partial charge on any atom is -0.317 e. The van der Waals surface area contributed by atoms with E-state index in [0.717, 1.165) is 25.9 Å². The Morgan fingerprint density at radius 1 is 1.46 bits per heavy atom. The number of piperidine rings is 1. The van der Waals surface area contributed by atoms with E-state index in [4.69, 9.17) is 0 Å². The molecule has 3 heterocycles. The number of thiazole rings is 1. The Kier molecular flexibility index (Phi) is 5.16. The van der Waals surface area contributed by atoms with E-state index in [2.05, 4.69) is 20.7 Å². The highest BCUT2D eigenvalue weighted by Crippen LogP contribution is 2.31. The van der Waals surface area contributed by atoms with Crippen molar-refractivity contribution >= 4 is 28.1 Å². The van der Waals surface area contributed by atoms with Gasteiger partial charge >= 0.3 is 5.69 Å². The maximum absolute atomic E-state index is 12.0. The molecular weight excluding hydrogens is 332 g/mol. The first kappa shape index (κ1) is 16.5. The minimum atomic E-state index is -0.512. The van der Waals surface area contributed by atoms with Gasteiger partial charge in [-0.2, -0.15) is 5.10 Å². The molecule has 2 N–H and O–H groups in total. The molecule has 1 aliphatic rings. The van der Waals surface area contributed by atoms with Crippen LogP contribution in [0.15, 0.2) is 18.6 Å². The molecule has 0 atom stereocenters. The Bertz CT molecular complexity index is 722. The molecule has 1 amide bonds. The van der Waals surface area contributed by atoms with E-state index in [1.54, 1.807) is 0 Å². The number of hydrogen-bond donors (Lipinski definition) is 2. The molecule has 2 aromatic rings. The summed E-state index contributed by atoms with van der Waals surface area (Å²) in [5.41, 5.74) is -0.0815. The van der Waals surface area contributed by atoms with E-state index in [9.17, 15) is 14.9 Å². The number of nitrogens with zero attached hydrogens (tertiary/aromatic N) is 4. The third kappa shape index (κ3) is 4.15. The summed E-state index contributed by atoms with van der Waals surface area (Å²) in [5.74, 6) is 0.332. The number of aryl methyl sites for hydroxylation is 1. The van der Waals surface area contributed by atoms with Crippen molar-refractivity contribution in [2.45, 2.75) is 31.7 Å². The second-order valence-electron chi connectivity index (χ2n) is 5.61. The Morgan fingerprint density at radius 3 is 2.96 bits per heavy atom. The molecule has 0 aliphatic carbocycles. The van der Waals surface area contributed by atoms with Crippen LogP contribution in [-0.4, -0.2) is 38.7 Å². The largest absolute Gasteiger partial charge is 0.317 e. The van der Waals surface area contributed by atoms with Gasteiger partial charge < -0.3 is 10.6 Å². The lowest BCUT2D eigenvalue weighted by Gasteiger charge is -2.20. The van der Waals surface area contributed by atoms with Crippen LogP contribution in [0.2, 0.25) is 0 Å². The third-order valence-electron chi connectivity index (χ3n) is 3.91. The van der Waals surface area contributed by atoms with Gasteiger partial charge in [0.1, 0.15) is 12.4 Å². The molecule has 0 spiro atoms. The quantitative estimate of drug-likeness (QED) is 0.606. The molecule has 9 nitrogen and oxygen atoms in total. The number of hydrogen-bond acceptors (Lipinski definition) is 7. The predicted octanol–water partition coefficient (Wildman–Crippen LogP) is 1.74. The fraction of sp³-hybridized carbons (Fsp3) is 0.500. The molecular formula is C14H18N6O3S. The zero-order chi connectivity index (χ0) is 16.9. The minimum absolute atomic E-state index is 0.0815. The lowest BCUT2D eigenvalue weighted by Crippen LogP contribution is -2.26. The van der Waals surface area contributed by atoms with Gasteiger partial charge in [-0.25, -0.2) is 4.98 Å². The van der Waals surface area contributed by atoms with Gasteiger partial charge in [-0.15, -0.1) is 11.3 Å². The van der Waals surface area contributed by atoms with Gasteiger partial charge in [0.25, 0.3) is 0 Å². The van der Waals surface area contributed by atoms with Gasteiger partial charge in [0.2, 0.25) is 5.91 Å². The molecule has 3 rings (SSSR count). The second kappa shape index (κ2) is 7.49. The maximum atomic E-state index is 12.0. The van der Waals surface area contributed by atoms with E-state index in [0.29, 0.717) is 11.0 Å². The van der Waals surface area contributed by atoms with Crippen molar-refractivity contribution in [3.63, 3.8) is 0 Å². The van der Waals surface area contributed by atoms with Crippen LogP contribution in [0.3, 0.4) is 0 Å². The zero-order valence-electron chi connectivity index (χ0n) is 13.0. The SMILES string of the molecule is O=C(CCn1cc([N+](=O)[O-])cn1)Nc1ncc(C2CCNCC2)s1. The number of nitrogens with one attached hydrogen (secondary N) is 2. The van der Waals surface area contributed by atoms with Gasteiger partial charge in [-0.05, 0) is 31.8 Å². The topological polar surface area (TPSA) is 115 Å². The first-order chi connectivity index (χ1) is 11.6. The Morgan fingerprint density at radius 2 is 2.25 bits per heavy atom. The Balaban J connectivity index is 1.49. The molecule has 2 aromatic heterocycles. The van der Waals surface area contributed by atoms with Crippen LogP contribution in [-0.2, 0) is 11.3 Å². The number of rotatable bonds is 6. The van der Waals surface area contributed by atoms with Gasteiger partial charge in [-0.1, -0.05) is 0 Å². The summed E-state index contributed by atoms with van der Waals surface area (Å²) in [6, 6.07) is 0. The number of anilines is 1. The molecule has 1 saturated heterocycles. The lowest BCUT2D eigenvalue weighted by atomic mass is 9.97. The highest BCUT2D eigenvalue weighted by atomic mass is 32.1. The van der Waals surface area contributed by atoms with E-state index in [1.165, 1.54) is 33.3 Å². The Labute approximate surface area is 142 Å². The molecule has 1 fully saturated rings. The highest BCUT2D eigenvalue weighted by molar-refractivity contribution is 7.15. The summed E-state index contributed by atoms with van der Waals surface area (Å²) in [6.07, 6.45) is 6.69. The zero-order valence-corrected chi connectivity index (χ0v) is 13.8. The number of carbonyl (C=O) groups excluding carboxylic acids is 1. The number of carbonyl (C=O) groups is 1. The summed E-state index contributed by atoms with van der Waals surface area (Å²) in [4.78, 5) is 27.5. The van der Waals surface area contributed by atoms with Crippen molar-refractivity contribution < 1.29 is 9.72 Å². The smallest absolute Gasteiger partial charge is 0.306 e. The fourth-order valence-corrected chi connectivity index (χ4v) is 3.61. The highest BCUT2D eigenvalue weighted by Gasteiger charge is 2.18. The molecule has 0 unspecified atom stereocenters. The van der Waals surface area contributed by atoms with E-state index in [-0.39, 0.29) is 24.6 Å². The average Bonchev–Trinajstić information content (AvgIpc) is 3.23. The normalized spacial score (nSPS) is 15.3. The van der Waals surface area contributed by atoms with Crippen LogP contribution in [0.4, 0.5) is 10.8 Å². The third-order valence-corrected chi connectivity index (χ3v) is 4.99. The summed E-state index contributed by atoms with van der Waals surface area (Å²) < 4.78 is 1.39. The second-order valence-corrected chi connectivity index (χ2v) is 6.67. The maximum Gasteiger partial charge on any atom is 0.306 e. The van der Waals surface area contributed by atoms with Crippen molar-refractivity contribution in [1.29, 1.82) is 0 Å². The van der Waals surface area contributed by atoms with Crippen molar-refractivity contribution in [2.24, 2.45) is 0 Å².